The first-order valence-electron chi connectivity index (χ1n) is 19.3. The van der Waals surface area contributed by atoms with Crippen LogP contribution in [0.25, 0.3) is 0 Å². The van der Waals surface area contributed by atoms with Crippen LogP contribution in [0.5, 0.6) is 0 Å². The molecule has 0 radical (unpaired) electrons. The summed E-state index contributed by atoms with van der Waals surface area (Å²) in [6.07, 6.45) is -37.9. The number of rotatable bonds is 20. The van der Waals surface area contributed by atoms with Crippen molar-refractivity contribution >= 4 is 29.7 Å². The zero-order valence-electron chi connectivity index (χ0n) is 33.2. The van der Waals surface area contributed by atoms with E-state index >= 15 is 0 Å². The van der Waals surface area contributed by atoms with Gasteiger partial charge in [0.05, 0.1) is 39.6 Å². The Morgan fingerprint density at radius 2 is 1.12 bits per heavy atom. The van der Waals surface area contributed by atoms with E-state index in [1.165, 1.54) is 0 Å². The van der Waals surface area contributed by atoms with Gasteiger partial charge in [0.2, 0.25) is 17.7 Å². The largest absolute Gasteiger partial charge is 0.480 e. The molecule has 31 nitrogen and oxygen atoms in total. The Balaban J connectivity index is 1.42. The zero-order chi connectivity index (χ0) is 47.7. The number of nitrogens with one attached hydrogen (secondary N) is 3. The van der Waals surface area contributed by atoms with Gasteiger partial charge < -0.3 is 131 Å². The lowest BCUT2D eigenvalue weighted by atomic mass is 9.96. The lowest BCUT2D eigenvalue weighted by Crippen LogP contribution is -2.67. The molecular formula is C33H54N4O27. The minimum atomic E-state index is -2.21. The van der Waals surface area contributed by atoms with Gasteiger partial charge in [-0.3, -0.25) is 19.2 Å². The summed E-state index contributed by atoms with van der Waals surface area (Å²) in [6.45, 7) is -5.91. The number of hydrogen-bond donors (Lipinski definition) is 18. The van der Waals surface area contributed by atoms with Crippen molar-refractivity contribution < 1.29 is 133 Å². The van der Waals surface area contributed by atoms with Gasteiger partial charge in [0.1, 0.15) is 104 Å². The van der Waals surface area contributed by atoms with Crippen LogP contribution in [0.3, 0.4) is 0 Å². The highest BCUT2D eigenvalue weighted by atomic mass is 16.8. The van der Waals surface area contributed by atoms with Gasteiger partial charge in [0, 0.05) is 0 Å². The smallest absolute Gasteiger partial charge is 0.335 e. The Labute approximate surface area is 359 Å². The predicted octanol–water partition coefficient (Wildman–Crippen LogP) is -12.9. The van der Waals surface area contributed by atoms with Crippen LogP contribution in [-0.2, 0) is 61.9 Å². The second-order valence-electron chi connectivity index (χ2n) is 14.8. The lowest BCUT2D eigenvalue weighted by molar-refractivity contribution is -0.385. The van der Waals surface area contributed by atoms with Crippen LogP contribution in [0, 0.1) is 0 Å². The molecule has 64 heavy (non-hydrogen) atoms. The molecule has 4 saturated heterocycles. The van der Waals surface area contributed by atoms with E-state index in [0.717, 1.165) is 0 Å². The molecule has 4 rings (SSSR count). The summed E-state index contributed by atoms with van der Waals surface area (Å²) < 4.78 is 43.4. The summed E-state index contributed by atoms with van der Waals surface area (Å²) in [7, 11) is 0. The topological polar surface area (TPSA) is 505 Å². The predicted molar refractivity (Wildman–Crippen MR) is 193 cm³/mol. The number of amides is 3. The fourth-order valence-corrected chi connectivity index (χ4v) is 6.62. The molecule has 0 bridgehead atoms. The summed E-state index contributed by atoms with van der Waals surface area (Å²) in [5.74, 6) is -6.28. The normalized spacial score (nSPS) is 40.1. The number of aliphatic hydroxyl groups is 12. The van der Waals surface area contributed by atoms with Gasteiger partial charge in [0.25, 0.3) is 0 Å². The second-order valence-corrected chi connectivity index (χ2v) is 14.8. The Hall–Kier alpha value is -3.49. The van der Waals surface area contributed by atoms with E-state index in [2.05, 4.69) is 10.6 Å². The van der Waals surface area contributed by atoms with E-state index in [-0.39, 0.29) is 0 Å². The van der Waals surface area contributed by atoms with Crippen LogP contribution in [0.15, 0.2) is 0 Å². The molecule has 0 aliphatic carbocycles. The van der Waals surface area contributed by atoms with Crippen molar-refractivity contribution in [1.29, 1.82) is 0 Å². The van der Waals surface area contributed by atoms with E-state index < -0.39 is 205 Å². The van der Waals surface area contributed by atoms with E-state index in [0.29, 0.717) is 0 Å². The Kier molecular flexibility index (Phi) is 19.8. The minimum Gasteiger partial charge on any atom is -0.480 e. The van der Waals surface area contributed by atoms with Crippen molar-refractivity contribution in [1.82, 2.24) is 16.0 Å². The molecule has 368 valence electrons. The van der Waals surface area contributed by atoms with Gasteiger partial charge in [0.15, 0.2) is 31.3 Å². The van der Waals surface area contributed by atoms with E-state index in [9.17, 15) is 85.3 Å². The molecule has 21 atom stereocenters. The second kappa shape index (κ2) is 23.8. The molecule has 4 fully saturated rings. The summed E-state index contributed by atoms with van der Waals surface area (Å²) in [5.41, 5.74) is 5.36. The summed E-state index contributed by atoms with van der Waals surface area (Å²) in [4.78, 5) is 59.5. The number of carboxylic acid groups (broad SMARTS) is 2. The van der Waals surface area contributed by atoms with Crippen molar-refractivity contribution in [3.63, 3.8) is 0 Å². The minimum absolute atomic E-state index is 0.685. The van der Waals surface area contributed by atoms with Crippen molar-refractivity contribution in [3.8, 4) is 0 Å². The summed E-state index contributed by atoms with van der Waals surface area (Å²) >= 11 is 0. The highest BCUT2D eigenvalue weighted by molar-refractivity contribution is 5.92. The number of ether oxygens (including phenoxy) is 8. The fraction of sp³-hybridized carbons (Fsp3) is 0.848. The van der Waals surface area contributed by atoms with Gasteiger partial charge >= 0.3 is 11.9 Å². The van der Waals surface area contributed by atoms with Gasteiger partial charge in [-0.25, -0.2) is 4.79 Å². The van der Waals surface area contributed by atoms with Crippen LogP contribution in [0.1, 0.15) is 0 Å². The number of carbonyl (C=O) groups is 5. The Morgan fingerprint density at radius 1 is 0.609 bits per heavy atom. The first-order valence-corrected chi connectivity index (χ1v) is 19.3. The monoisotopic (exact) mass is 938 g/mol. The maximum absolute atomic E-state index is 12.7. The number of hydrogen-bond acceptors (Lipinski definition) is 26. The summed E-state index contributed by atoms with van der Waals surface area (Å²) in [5, 5.41) is 150. The fourth-order valence-electron chi connectivity index (χ4n) is 6.62. The van der Waals surface area contributed by atoms with Gasteiger partial charge in [-0.1, -0.05) is 0 Å². The van der Waals surface area contributed by atoms with Gasteiger partial charge in [-0.2, -0.15) is 0 Å². The maximum atomic E-state index is 12.7. The molecule has 0 aromatic heterocycles. The van der Waals surface area contributed by atoms with Crippen molar-refractivity contribution in [2.45, 2.75) is 129 Å². The number of aliphatic carboxylic acids is 2. The van der Waals surface area contributed by atoms with E-state index in [4.69, 9.17) is 53.8 Å². The standard InChI is InChI=1S/C33H54N4O27/c34-8(3-38)27(53)35-1-13(41)37-9(28(54)36-2-14(42)43)6-57-30-20(49)15(44)12(7-58-30)61-32-22(51)24(16(45)10(4-39)59-32)63-33-23(52)25(17(46)11(5-40)60-33)62-31-21(50)18(47)19(48)26(64-31)29(55)56/h8-12,15-26,30-33,38-40,44-52H,1-7,34H2,(H,35,53)(H,36,54)(H,37,41)(H,42,43)(H,55,56)/t8-,9-,10+,11+,12+,15-,16-,17-,18-,19+,20+,21+,22+,23+,24-,25-,26-,30+,31+,32-,33-/m0/s1. The zero-order valence-corrected chi connectivity index (χ0v) is 33.2. The third kappa shape index (κ3) is 12.9. The SMILES string of the molecule is N[C@@H](CO)C(=O)NCC(=O)N[C@@H](CO[C@@H]1OC[C@@H](O[C@@H]2O[C@H](CO)[C@H](O)[C@H](O[C@@H]3O[C@H](CO)[C@H](O)[C@H](O[C@@H]4O[C@H](C(=O)O)[C@H](O)[C@H](O)[C@H]4O)[C@H]3O)[C@H]2O)[C@H](O)[C@H]1O)C(=O)NCC(=O)O. The van der Waals surface area contributed by atoms with Crippen LogP contribution in [-0.4, -0.2) is 276 Å². The molecule has 4 aliphatic rings. The van der Waals surface area contributed by atoms with Crippen molar-refractivity contribution in [3.05, 3.63) is 0 Å². The number of nitrogens with two attached hydrogens (primary N) is 1. The molecule has 0 spiro atoms. The highest BCUT2D eigenvalue weighted by Gasteiger charge is 2.55. The third-order valence-electron chi connectivity index (χ3n) is 10.2. The highest BCUT2D eigenvalue weighted by Crippen LogP contribution is 2.34. The first-order chi connectivity index (χ1) is 30.1. The average Bonchev–Trinajstić information content (AvgIpc) is 3.26. The number of carbonyl (C=O) groups excluding carboxylic acids is 3. The van der Waals surface area contributed by atoms with Crippen LogP contribution in [0.4, 0.5) is 0 Å². The molecule has 4 aliphatic heterocycles. The molecule has 0 aromatic rings. The molecule has 19 N–H and O–H groups in total. The van der Waals surface area contributed by atoms with Crippen molar-refractivity contribution in [2.75, 3.05) is 46.1 Å². The number of aliphatic hydroxyl groups excluding tert-OH is 12. The molecule has 0 unspecified atom stereocenters. The Bertz CT molecular complexity index is 1570. The van der Waals surface area contributed by atoms with Crippen LogP contribution in [0.2, 0.25) is 0 Å². The average molecular weight is 939 g/mol. The number of carboxylic acids is 2. The first kappa shape index (κ1) is 53.1. The third-order valence-corrected chi connectivity index (χ3v) is 10.2. The van der Waals surface area contributed by atoms with E-state index in [1.807, 2.05) is 5.32 Å². The van der Waals surface area contributed by atoms with Crippen molar-refractivity contribution in [2.24, 2.45) is 5.73 Å². The molecular weight excluding hydrogens is 884 g/mol. The van der Waals surface area contributed by atoms with Crippen LogP contribution >= 0.6 is 0 Å². The quantitative estimate of drug-likeness (QED) is 0.0539. The molecule has 3 amide bonds. The molecule has 0 saturated carbocycles. The van der Waals surface area contributed by atoms with E-state index in [1.54, 1.807) is 0 Å². The lowest BCUT2D eigenvalue weighted by Gasteiger charge is -2.48. The van der Waals surface area contributed by atoms with Crippen LogP contribution < -0.4 is 21.7 Å². The Morgan fingerprint density at radius 3 is 1.64 bits per heavy atom. The summed E-state index contributed by atoms with van der Waals surface area (Å²) in [6, 6.07) is -3.06. The molecule has 4 heterocycles. The van der Waals surface area contributed by atoms with Gasteiger partial charge in [-0.15, -0.1) is 0 Å². The maximum Gasteiger partial charge on any atom is 0.335 e. The molecule has 0 aromatic carbocycles. The molecule has 31 heteroatoms. The van der Waals surface area contributed by atoms with Gasteiger partial charge in [-0.05, 0) is 0 Å².